The Morgan fingerprint density at radius 1 is 1.16 bits per heavy atom. The Morgan fingerprint density at radius 2 is 1.79 bits per heavy atom. The number of aromatic nitrogens is 1. The van der Waals surface area contributed by atoms with Crippen molar-refractivity contribution >= 4 is 23.4 Å². The van der Waals surface area contributed by atoms with Gasteiger partial charge in [0.15, 0.2) is 11.5 Å². The average Bonchev–Trinajstić information content (AvgIpc) is 2.73. The highest BCUT2D eigenvalue weighted by Crippen LogP contribution is 2.28. The predicted octanol–water partition coefficient (Wildman–Crippen LogP) is 3.46. The SMILES string of the molecule is CC(=O)Oc1cc(-c2ccc(Cl)cc2)[nH]c1C(C)=O. The molecule has 1 aromatic carbocycles. The van der Waals surface area contributed by atoms with Crippen LogP contribution in [0.3, 0.4) is 0 Å². The van der Waals surface area contributed by atoms with E-state index < -0.39 is 5.97 Å². The molecule has 0 atom stereocenters. The molecule has 0 fully saturated rings. The number of hydrogen-bond acceptors (Lipinski definition) is 3. The molecule has 0 aliphatic heterocycles. The van der Waals surface area contributed by atoms with Gasteiger partial charge in [-0.2, -0.15) is 0 Å². The maximum absolute atomic E-state index is 11.5. The Labute approximate surface area is 115 Å². The maximum atomic E-state index is 11.5. The zero-order valence-corrected chi connectivity index (χ0v) is 11.2. The number of halogens is 1. The fourth-order valence-corrected chi connectivity index (χ4v) is 1.84. The molecule has 1 aromatic heterocycles. The standard InChI is InChI=1S/C14H12ClNO3/c1-8(17)14-13(19-9(2)18)7-12(16-14)10-3-5-11(15)6-4-10/h3-7,16H,1-2H3. The van der Waals surface area contributed by atoms with Crippen molar-refractivity contribution in [2.24, 2.45) is 0 Å². The van der Waals surface area contributed by atoms with Crippen LogP contribution >= 0.6 is 11.6 Å². The molecule has 0 saturated carbocycles. The van der Waals surface area contributed by atoms with E-state index in [9.17, 15) is 9.59 Å². The fourth-order valence-electron chi connectivity index (χ4n) is 1.72. The number of carbonyl (C=O) groups is 2. The Bertz CT molecular complexity index is 629. The lowest BCUT2D eigenvalue weighted by molar-refractivity contribution is -0.131. The van der Waals surface area contributed by atoms with Crippen LogP contribution in [0.25, 0.3) is 11.3 Å². The van der Waals surface area contributed by atoms with Gasteiger partial charge in [0.25, 0.3) is 0 Å². The Kier molecular flexibility index (Phi) is 3.71. The molecule has 1 N–H and O–H groups in total. The van der Waals surface area contributed by atoms with Crippen molar-refractivity contribution in [2.75, 3.05) is 0 Å². The highest BCUT2D eigenvalue weighted by molar-refractivity contribution is 6.30. The first-order valence-corrected chi connectivity index (χ1v) is 6.03. The molecule has 0 amide bonds. The number of H-pyrrole nitrogens is 1. The van der Waals surface area contributed by atoms with Crippen molar-refractivity contribution in [1.29, 1.82) is 0 Å². The third kappa shape index (κ3) is 3.03. The zero-order valence-electron chi connectivity index (χ0n) is 10.5. The molecule has 19 heavy (non-hydrogen) atoms. The lowest BCUT2D eigenvalue weighted by atomic mass is 10.1. The number of nitrogens with one attached hydrogen (secondary N) is 1. The van der Waals surface area contributed by atoms with Crippen LogP contribution in [0.5, 0.6) is 5.75 Å². The quantitative estimate of drug-likeness (QED) is 0.690. The molecule has 0 aliphatic rings. The molecule has 0 saturated heterocycles. The normalized spacial score (nSPS) is 10.3. The minimum absolute atomic E-state index is 0.198. The van der Waals surface area contributed by atoms with E-state index in [-0.39, 0.29) is 17.2 Å². The molecule has 0 unspecified atom stereocenters. The molecular weight excluding hydrogens is 266 g/mol. The van der Waals surface area contributed by atoms with Crippen LogP contribution in [0.15, 0.2) is 30.3 Å². The fraction of sp³-hybridized carbons (Fsp3) is 0.143. The van der Waals surface area contributed by atoms with E-state index in [1.807, 2.05) is 12.1 Å². The topological polar surface area (TPSA) is 59.2 Å². The van der Waals surface area contributed by atoms with Crippen LogP contribution in [0, 0.1) is 0 Å². The van der Waals surface area contributed by atoms with Gasteiger partial charge in [0.1, 0.15) is 5.69 Å². The van der Waals surface area contributed by atoms with Gasteiger partial charge < -0.3 is 9.72 Å². The second kappa shape index (κ2) is 5.28. The highest BCUT2D eigenvalue weighted by Gasteiger charge is 2.15. The van der Waals surface area contributed by atoms with Gasteiger partial charge in [0.2, 0.25) is 0 Å². The summed E-state index contributed by atoms with van der Waals surface area (Å²) >= 11 is 5.82. The van der Waals surface area contributed by atoms with Gasteiger partial charge in [-0.3, -0.25) is 9.59 Å². The number of hydrogen-bond donors (Lipinski definition) is 1. The van der Waals surface area contributed by atoms with E-state index in [2.05, 4.69) is 4.98 Å². The molecule has 98 valence electrons. The Balaban J connectivity index is 2.45. The third-order valence-corrected chi connectivity index (χ3v) is 2.79. The molecule has 0 spiro atoms. The summed E-state index contributed by atoms with van der Waals surface area (Å²) in [4.78, 5) is 25.5. The van der Waals surface area contributed by atoms with E-state index in [4.69, 9.17) is 16.3 Å². The molecule has 2 aromatic rings. The summed E-state index contributed by atoms with van der Waals surface area (Å²) in [7, 11) is 0. The third-order valence-electron chi connectivity index (χ3n) is 2.54. The molecule has 4 nitrogen and oxygen atoms in total. The number of Topliss-reactive ketones (excluding diaryl/α,β-unsaturated/α-hetero) is 1. The van der Waals surface area contributed by atoms with Crippen LogP contribution in [-0.4, -0.2) is 16.7 Å². The molecule has 2 rings (SSSR count). The number of carbonyl (C=O) groups excluding carboxylic acids is 2. The monoisotopic (exact) mass is 277 g/mol. The van der Waals surface area contributed by atoms with Crippen LogP contribution in [0.4, 0.5) is 0 Å². The number of ether oxygens (including phenoxy) is 1. The average molecular weight is 278 g/mol. The van der Waals surface area contributed by atoms with Gasteiger partial charge in [-0.25, -0.2) is 0 Å². The van der Waals surface area contributed by atoms with Crippen LogP contribution in [-0.2, 0) is 4.79 Å². The molecule has 0 radical (unpaired) electrons. The summed E-state index contributed by atoms with van der Waals surface area (Å²) in [6.07, 6.45) is 0. The first-order chi connectivity index (χ1) is 8.97. The Hall–Kier alpha value is -2.07. The van der Waals surface area contributed by atoms with Gasteiger partial charge in [-0.05, 0) is 17.7 Å². The van der Waals surface area contributed by atoms with E-state index in [1.165, 1.54) is 13.8 Å². The number of benzene rings is 1. The van der Waals surface area contributed by atoms with E-state index in [1.54, 1.807) is 18.2 Å². The van der Waals surface area contributed by atoms with Crippen molar-refractivity contribution in [3.63, 3.8) is 0 Å². The van der Waals surface area contributed by atoms with Crippen molar-refractivity contribution in [1.82, 2.24) is 4.98 Å². The first-order valence-electron chi connectivity index (χ1n) is 5.65. The molecule has 5 heteroatoms. The number of esters is 1. The molecule has 0 bridgehead atoms. The highest BCUT2D eigenvalue weighted by atomic mass is 35.5. The summed E-state index contributed by atoms with van der Waals surface area (Å²) in [5.74, 6) is -0.425. The van der Waals surface area contributed by atoms with Crippen molar-refractivity contribution in [3.05, 3.63) is 41.0 Å². The second-order valence-electron chi connectivity index (χ2n) is 4.08. The first kappa shape index (κ1) is 13.4. The summed E-state index contributed by atoms with van der Waals surface area (Å²) in [6.45, 7) is 2.70. The summed E-state index contributed by atoms with van der Waals surface area (Å²) in [5, 5.41) is 0.627. The minimum atomic E-state index is -0.468. The maximum Gasteiger partial charge on any atom is 0.308 e. The van der Waals surface area contributed by atoms with Gasteiger partial charge >= 0.3 is 5.97 Å². The Morgan fingerprint density at radius 3 is 2.32 bits per heavy atom. The molecule has 1 heterocycles. The summed E-state index contributed by atoms with van der Waals surface area (Å²) in [6, 6.07) is 8.75. The zero-order chi connectivity index (χ0) is 14.0. The van der Waals surface area contributed by atoms with Crippen LogP contribution in [0.2, 0.25) is 5.02 Å². The summed E-state index contributed by atoms with van der Waals surface area (Å²) in [5.41, 5.74) is 1.82. The number of aromatic amines is 1. The van der Waals surface area contributed by atoms with Crippen molar-refractivity contribution in [3.8, 4) is 17.0 Å². The lowest BCUT2D eigenvalue weighted by Gasteiger charge is -1.98. The van der Waals surface area contributed by atoms with Gasteiger partial charge in [0, 0.05) is 30.6 Å². The second-order valence-corrected chi connectivity index (χ2v) is 4.52. The summed E-state index contributed by atoms with van der Waals surface area (Å²) < 4.78 is 5.02. The largest absolute Gasteiger partial charge is 0.424 e. The van der Waals surface area contributed by atoms with Gasteiger partial charge in [-0.15, -0.1) is 0 Å². The smallest absolute Gasteiger partial charge is 0.308 e. The minimum Gasteiger partial charge on any atom is -0.424 e. The van der Waals surface area contributed by atoms with E-state index in [0.29, 0.717) is 10.7 Å². The van der Waals surface area contributed by atoms with Crippen molar-refractivity contribution < 1.29 is 14.3 Å². The number of rotatable bonds is 3. The number of ketones is 1. The van der Waals surface area contributed by atoms with E-state index in [0.717, 1.165) is 5.56 Å². The molecule has 0 aliphatic carbocycles. The van der Waals surface area contributed by atoms with Gasteiger partial charge in [-0.1, -0.05) is 23.7 Å². The molecular formula is C14H12ClNO3. The predicted molar refractivity (Wildman–Crippen MR) is 72.6 cm³/mol. The van der Waals surface area contributed by atoms with E-state index >= 15 is 0 Å². The lowest BCUT2D eigenvalue weighted by Crippen LogP contribution is -2.04. The van der Waals surface area contributed by atoms with Crippen LogP contribution in [0.1, 0.15) is 24.3 Å². The van der Waals surface area contributed by atoms with Crippen molar-refractivity contribution in [2.45, 2.75) is 13.8 Å². The van der Waals surface area contributed by atoms with Crippen LogP contribution < -0.4 is 4.74 Å². The van der Waals surface area contributed by atoms with Gasteiger partial charge in [0.05, 0.1) is 0 Å².